The van der Waals surface area contributed by atoms with Crippen LogP contribution in [-0.2, 0) is 19.2 Å². The van der Waals surface area contributed by atoms with Crippen molar-refractivity contribution in [2.45, 2.75) is 70.6 Å². The maximum Gasteiger partial charge on any atom is 0.314 e. The first-order valence-electron chi connectivity index (χ1n) is 7.63. The smallest absolute Gasteiger partial charge is 0.314 e. The van der Waals surface area contributed by atoms with Crippen molar-refractivity contribution in [2.75, 3.05) is 0 Å². The van der Waals surface area contributed by atoms with Gasteiger partial charge in [-0.3, -0.25) is 19.2 Å². The highest BCUT2D eigenvalue weighted by Gasteiger charge is 2.01. The van der Waals surface area contributed by atoms with Crippen LogP contribution in [0.5, 0.6) is 0 Å². The molecule has 0 unspecified atom stereocenters. The van der Waals surface area contributed by atoms with E-state index in [1.165, 1.54) is 0 Å². The lowest BCUT2D eigenvalue weighted by Gasteiger charge is -2.00. The summed E-state index contributed by atoms with van der Waals surface area (Å²) >= 11 is 0. The van der Waals surface area contributed by atoms with E-state index >= 15 is 0 Å². The van der Waals surface area contributed by atoms with E-state index in [1.54, 1.807) is 0 Å². The Labute approximate surface area is 135 Å². The number of carbonyl (C=O) groups is 4. The Morgan fingerprint density at radius 3 is 0.870 bits per heavy atom. The van der Waals surface area contributed by atoms with E-state index in [2.05, 4.69) is 0 Å². The first-order chi connectivity index (χ1) is 10.8. The van der Waals surface area contributed by atoms with Gasteiger partial charge in [0.2, 0.25) is 0 Å². The molecule has 4 N–H and O–H groups in total. The Morgan fingerprint density at radius 1 is 0.435 bits per heavy atom. The van der Waals surface area contributed by atoms with E-state index in [0.717, 1.165) is 51.4 Å². The molecule has 23 heavy (non-hydrogen) atoms. The molecule has 8 nitrogen and oxygen atoms in total. The molecule has 0 saturated carbocycles. The Morgan fingerprint density at radius 2 is 0.696 bits per heavy atom. The lowest BCUT2D eigenvalue weighted by Crippen LogP contribution is -2.03. The Hall–Kier alpha value is -2.12. The van der Waals surface area contributed by atoms with E-state index in [1.807, 2.05) is 0 Å². The standard InChI is InChI=1S/C12H22O4.C3H4O4/c13-11(14)9-7-5-3-1-2-4-6-8-10-12(15)16;4-2(5)1-3(6)7/h1-10H2,(H,13,14)(H,15,16);1H2,(H,4,5)(H,6,7). The van der Waals surface area contributed by atoms with Crippen LogP contribution in [0.3, 0.4) is 0 Å². The third kappa shape index (κ3) is 28.7. The molecule has 134 valence electrons. The second-order valence-electron chi connectivity index (χ2n) is 5.08. The van der Waals surface area contributed by atoms with E-state index < -0.39 is 30.3 Å². The molecule has 0 bridgehead atoms. The fraction of sp³-hybridized carbons (Fsp3) is 0.733. The Kier molecular flexibility index (Phi) is 16.4. The predicted molar refractivity (Wildman–Crippen MR) is 81.3 cm³/mol. The summed E-state index contributed by atoms with van der Waals surface area (Å²) in [6, 6.07) is 0. The highest BCUT2D eigenvalue weighted by molar-refractivity contribution is 5.88. The second kappa shape index (κ2) is 16.3. The zero-order chi connectivity index (χ0) is 18.1. The molecule has 8 heteroatoms. The third-order valence-corrected chi connectivity index (χ3v) is 2.83. The van der Waals surface area contributed by atoms with Crippen molar-refractivity contribution in [1.29, 1.82) is 0 Å². The quantitative estimate of drug-likeness (QED) is 0.296. The van der Waals surface area contributed by atoms with Crippen LogP contribution in [0.25, 0.3) is 0 Å². The van der Waals surface area contributed by atoms with Crippen molar-refractivity contribution in [3.63, 3.8) is 0 Å². The average Bonchev–Trinajstić information content (AvgIpc) is 2.39. The molecule has 0 spiro atoms. The first-order valence-corrected chi connectivity index (χ1v) is 7.63. The summed E-state index contributed by atoms with van der Waals surface area (Å²) in [7, 11) is 0. The molecule has 0 aliphatic carbocycles. The number of hydrogen-bond acceptors (Lipinski definition) is 4. The van der Waals surface area contributed by atoms with E-state index in [0.29, 0.717) is 0 Å². The SMILES string of the molecule is O=C(O)CC(=O)O.O=C(O)CCCCCCCCCCC(=O)O. The lowest BCUT2D eigenvalue weighted by atomic mass is 10.1. The van der Waals surface area contributed by atoms with Gasteiger partial charge in [-0.05, 0) is 12.8 Å². The number of carboxylic acids is 4. The van der Waals surface area contributed by atoms with E-state index in [9.17, 15) is 19.2 Å². The third-order valence-electron chi connectivity index (χ3n) is 2.83. The van der Waals surface area contributed by atoms with Crippen molar-refractivity contribution >= 4 is 23.9 Å². The summed E-state index contributed by atoms with van der Waals surface area (Å²) in [4.78, 5) is 39.3. The van der Waals surface area contributed by atoms with Gasteiger partial charge < -0.3 is 20.4 Å². The molecule has 0 aromatic rings. The molecular formula is C15H26O8. The summed E-state index contributed by atoms with van der Waals surface area (Å²) in [6.45, 7) is 0. The molecule has 0 amide bonds. The largest absolute Gasteiger partial charge is 0.481 e. The van der Waals surface area contributed by atoms with Crippen molar-refractivity contribution in [2.24, 2.45) is 0 Å². The molecule has 0 radical (unpaired) electrons. The Bertz CT molecular complexity index is 330. The minimum Gasteiger partial charge on any atom is -0.481 e. The van der Waals surface area contributed by atoms with Crippen molar-refractivity contribution in [3.05, 3.63) is 0 Å². The van der Waals surface area contributed by atoms with Gasteiger partial charge >= 0.3 is 23.9 Å². The highest BCUT2D eigenvalue weighted by atomic mass is 16.4. The average molecular weight is 334 g/mol. The van der Waals surface area contributed by atoms with Gasteiger partial charge in [0.25, 0.3) is 0 Å². The van der Waals surface area contributed by atoms with Crippen LogP contribution in [0.15, 0.2) is 0 Å². The van der Waals surface area contributed by atoms with Crippen molar-refractivity contribution in [3.8, 4) is 0 Å². The summed E-state index contributed by atoms with van der Waals surface area (Å²) in [5.41, 5.74) is 0. The molecule has 0 rings (SSSR count). The van der Waals surface area contributed by atoms with Gasteiger partial charge in [-0.2, -0.15) is 0 Å². The second-order valence-corrected chi connectivity index (χ2v) is 5.08. The highest BCUT2D eigenvalue weighted by Crippen LogP contribution is 2.10. The van der Waals surface area contributed by atoms with E-state index in [-0.39, 0.29) is 12.8 Å². The summed E-state index contributed by atoms with van der Waals surface area (Å²) < 4.78 is 0. The van der Waals surface area contributed by atoms with Gasteiger partial charge in [0.15, 0.2) is 0 Å². The zero-order valence-electron chi connectivity index (χ0n) is 13.2. The molecule has 0 aliphatic rings. The maximum absolute atomic E-state index is 10.2. The van der Waals surface area contributed by atoms with Gasteiger partial charge in [0.05, 0.1) is 0 Å². The molecule has 0 aliphatic heterocycles. The number of aliphatic carboxylic acids is 4. The van der Waals surface area contributed by atoms with Gasteiger partial charge in [-0.25, -0.2) is 0 Å². The number of hydrogen-bond donors (Lipinski definition) is 4. The monoisotopic (exact) mass is 334 g/mol. The predicted octanol–water partition coefficient (Wildman–Crippen LogP) is 2.60. The number of unbranched alkanes of at least 4 members (excludes halogenated alkanes) is 7. The van der Waals surface area contributed by atoms with Gasteiger partial charge in [0.1, 0.15) is 6.42 Å². The molecule has 0 aromatic heterocycles. The van der Waals surface area contributed by atoms with Gasteiger partial charge in [-0.15, -0.1) is 0 Å². The molecular weight excluding hydrogens is 308 g/mol. The van der Waals surface area contributed by atoms with E-state index in [4.69, 9.17) is 20.4 Å². The van der Waals surface area contributed by atoms with Crippen LogP contribution in [0, 0.1) is 0 Å². The van der Waals surface area contributed by atoms with Crippen LogP contribution in [0.1, 0.15) is 70.6 Å². The molecule has 0 saturated heterocycles. The number of rotatable bonds is 13. The fourth-order valence-corrected chi connectivity index (χ4v) is 1.74. The van der Waals surface area contributed by atoms with Crippen LogP contribution in [0.2, 0.25) is 0 Å². The summed E-state index contributed by atoms with van der Waals surface area (Å²) in [5.74, 6) is -4.05. The summed E-state index contributed by atoms with van der Waals surface area (Å²) in [5, 5.41) is 32.2. The van der Waals surface area contributed by atoms with Gasteiger partial charge in [-0.1, -0.05) is 38.5 Å². The molecule has 0 fully saturated rings. The minimum absolute atomic E-state index is 0.276. The minimum atomic E-state index is -1.31. The van der Waals surface area contributed by atoms with Crippen LogP contribution >= 0.6 is 0 Å². The molecule has 0 aromatic carbocycles. The summed E-state index contributed by atoms with van der Waals surface area (Å²) in [6.07, 6.45) is 7.71. The Balaban J connectivity index is 0. The molecule has 0 heterocycles. The van der Waals surface area contributed by atoms with Crippen LogP contribution < -0.4 is 0 Å². The van der Waals surface area contributed by atoms with Crippen molar-refractivity contribution in [1.82, 2.24) is 0 Å². The topological polar surface area (TPSA) is 149 Å². The molecule has 0 atom stereocenters. The first kappa shape index (κ1) is 23.2. The van der Waals surface area contributed by atoms with Crippen molar-refractivity contribution < 1.29 is 39.6 Å². The lowest BCUT2D eigenvalue weighted by molar-refractivity contribution is -0.147. The normalized spacial score (nSPS) is 9.57. The zero-order valence-corrected chi connectivity index (χ0v) is 13.2. The van der Waals surface area contributed by atoms with Gasteiger partial charge in [0, 0.05) is 12.8 Å². The fourth-order valence-electron chi connectivity index (χ4n) is 1.74. The van der Waals surface area contributed by atoms with Crippen LogP contribution in [-0.4, -0.2) is 44.3 Å². The number of carboxylic acid groups (broad SMARTS) is 4. The maximum atomic E-state index is 10.2. The van der Waals surface area contributed by atoms with Crippen LogP contribution in [0.4, 0.5) is 0 Å².